The third-order valence-corrected chi connectivity index (χ3v) is 13.9. The maximum Gasteiger partial charge on any atom is 0.145 e. The van der Waals surface area contributed by atoms with Gasteiger partial charge in [-0.25, -0.2) is 0 Å². The summed E-state index contributed by atoms with van der Waals surface area (Å²) in [5, 5.41) is 7.01. The summed E-state index contributed by atoms with van der Waals surface area (Å²) in [6, 6.07) is 98.6. The molecule has 0 unspecified atom stereocenters. The number of nitrogens with zero attached hydrogens (tertiary/aromatic N) is 1. The summed E-state index contributed by atoms with van der Waals surface area (Å²) >= 11 is 0. The van der Waals surface area contributed by atoms with Crippen LogP contribution in [0.5, 0.6) is 0 Å². The number of para-hydroxylation sites is 1. The van der Waals surface area contributed by atoms with E-state index in [2.05, 4.69) is 278 Å². The van der Waals surface area contributed by atoms with Crippen LogP contribution in [0.4, 0.5) is 17.1 Å². The predicted molar refractivity (Wildman–Crippen MR) is 296 cm³/mol. The lowest BCUT2D eigenvalue weighted by atomic mass is 9.87. The lowest BCUT2D eigenvalue weighted by Gasteiger charge is -2.27. The van der Waals surface area contributed by atoms with Crippen LogP contribution in [0.15, 0.2) is 277 Å². The smallest absolute Gasteiger partial charge is 0.145 e. The zero-order valence-corrected chi connectivity index (χ0v) is 38.3. The molecule has 1 aromatic heterocycles. The van der Waals surface area contributed by atoms with Gasteiger partial charge >= 0.3 is 0 Å². The summed E-state index contributed by atoms with van der Waals surface area (Å²) < 4.78 is 6.95. The lowest BCUT2D eigenvalue weighted by molar-refractivity contribution is 0.670. The number of anilines is 3. The van der Waals surface area contributed by atoms with Gasteiger partial charge in [-0.2, -0.15) is 0 Å². The number of hydrogen-bond donors (Lipinski definition) is 0. The van der Waals surface area contributed by atoms with Crippen molar-refractivity contribution in [1.82, 2.24) is 0 Å². The highest BCUT2D eigenvalue weighted by atomic mass is 16.3. The van der Waals surface area contributed by atoms with Gasteiger partial charge in [-0.05, 0) is 131 Å². The monoisotopic (exact) mass is 891 g/mol. The number of hydrogen-bond acceptors (Lipinski definition) is 2. The molecule has 0 amide bonds. The van der Waals surface area contributed by atoms with E-state index in [0.717, 1.165) is 55.7 Å². The first kappa shape index (κ1) is 41.0. The minimum atomic E-state index is 0.858. The maximum absolute atomic E-state index is 6.95. The first-order valence-corrected chi connectivity index (χ1v) is 24.0. The van der Waals surface area contributed by atoms with Crippen molar-refractivity contribution < 1.29 is 4.42 Å². The molecule has 1 heterocycles. The topological polar surface area (TPSA) is 16.4 Å². The van der Waals surface area contributed by atoms with Crippen molar-refractivity contribution in [3.63, 3.8) is 0 Å². The molecule has 2 heteroatoms. The van der Waals surface area contributed by atoms with Gasteiger partial charge in [-0.15, -0.1) is 0 Å². The zero-order chi connectivity index (χ0) is 46.4. The largest absolute Gasteiger partial charge is 0.455 e. The average molecular weight is 892 g/mol. The Hall–Kier alpha value is -9.24. The molecule has 2 nitrogen and oxygen atoms in total. The molecule has 70 heavy (non-hydrogen) atoms. The second kappa shape index (κ2) is 17.4. The van der Waals surface area contributed by atoms with Crippen molar-refractivity contribution >= 4 is 60.5 Å². The van der Waals surface area contributed by atoms with Crippen LogP contribution in [-0.4, -0.2) is 0 Å². The SMILES string of the molecule is c1ccc(-c2ccc(-c3ccccc3-c3ccc(N(c4ccc(-c5cccc6ccccc56)cc4)c4ccc(-c5cccc6ccccc56)c5oc6ccccc6c45)cc3)c(-c3ccccc3)c2)cc1. The fourth-order valence-corrected chi connectivity index (χ4v) is 10.6. The van der Waals surface area contributed by atoms with Crippen LogP contribution in [0.3, 0.4) is 0 Å². The Labute approximate surface area is 407 Å². The van der Waals surface area contributed by atoms with E-state index in [0.29, 0.717) is 0 Å². The summed E-state index contributed by atoms with van der Waals surface area (Å²) in [7, 11) is 0. The highest BCUT2D eigenvalue weighted by molar-refractivity contribution is 6.18. The average Bonchev–Trinajstić information content (AvgIpc) is 3.84. The normalized spacial score (nSPS) is 11.4. The molecule has 0 fully saturated rings. The van der Waals surface area contributed by atoms with Crippen LogP contribution in [0.25, 0.3) is 110 Å². The van der Waals surface area contributed by atoms with E-state index in [-0.39, 0.29) is 0 Å². The summed E-state index contributed by atoms with van der Waals surface area (Å²) in [4.78, 5) is 2.40. The molecule has 12 aromatic carbocycles. The lowest BCUT2D eigenvalue weighted by Crippen LogP contribution is -2.10. The quantitative estimate of drug-likeness (QED) is 0.144. The number of fused-ring (bicyclic) bond motifs is 5. The van der Waals surface area contributed by atoms with Crippen LogP contribution in [0, 0.1) is 0 Å². The van der Waals surface area contributed by atoms with Crippen molar-refractivity contribution in [3.05, 3.63) is 273 Å². The Morgan fingerprint density at radius 2 is 0.714 bits per heavy atom. The molecule has 0 spiro atoms. The molecule has 13 aromatic rings. The first-order valence-electron chi connectivity index (χ1n) is 24.0. The molecule has 328 valence electrons. The van der Waals surface area contributed by atoms with Gasteiger partial charge in [0.2, 0.25) is 0 Å². The van der Waals surface area contributed by atoms with Gasteiger partial charge in [0.1, 0.15) is 11.2 Å². The van der Waals surface area contributed by atoms with Crippen LogP contribution >= 0.6 is 0 Å². The molecule has 0 N–H and O–H groups in total. The third kappa shape index (κ3) is 7.22. The van der Waals surface area contributed by atoms with Crippen LogP contribution in [0.2, 0.25) is 0 Å². The van der Waals surface area contributed by atoms with E-state index in [4.69, 9.17) is 4.42 Å². The highest BCUT2D eigenvalue weighted by Gasteiger charge is 2.24. The molecular formula is C68H45NO. The molecule has 0 aliphatic rings. The number of benzene rings is 12. The standard InChI is InChI=1S/C68H45NO/c1-3-17-46(18-4-1)52-37-42-61(64(45-52)49-19-5-2-6-20-49)59-28-12-11-27-58(59)51-35-40-54(41-36-51)69(53-38-33-50(34-39-53)56-30-15-23-47-21-7-9-25-55(47)56)65-44-43-62(60-31-16-24-48-22-8-10-26-57(48)60)68-67(65)63-29-13-14-32-66(63)70-68/h1-45H. The van der Waals surface area contributed by atoms with E-state index >= 15 is 0 Å². The Morgan fingerprint density at radius 1 is 0.257 bits per heavy atom. The van der Waals surface area contributed by atoms with Crippen molar-refractivity contribution in [2.45, 2.75) is 0 Å². The third-order valence-electron chi connectivity index (χ3n) is 13.9. The minimum absolute atomic E-state index is 0.858. The van der Waals surface area contributed by atoms with Gasteiger partial charge < -0.3 is 9.32 Å². The van der Waals surface area contributed by atoms with E-state index in [1.54, 1.807) is 0 Å². The molecule has 13 rings (SSSR count). The van der Waals surface area contributed by atoms with E-state index < -0.39 is 0 Å². The van der Waals surface area contributed by atoms with Crippen molar-refractivity contribution in [3.8, 4) is 66.8 Å². The van der Waals surface area contributed by atoms with E-state index in [9.17, 15) is 0 Å². The molecular weight excluding hydrogens is 847 g/mol. The van der Waals surface area contributed by atoms with Crippen LogP contribution < -0.4 is 4.90 Å². The Kier molecular flexibility index (Phi) is 10.2. The highest BCUT2D eigenvalue weighted by Crippen LogP contribution is 2.48. The van der Waals surface area contributed by atoms with Gasteiger partial charge in [-0.3, -0.25) is 0 Å². The molecule has 0 aliphatic heterocycles. The Morgan fingerprint density at radius 3 is 1.40 bits per heavy atom. The summed E-state index contributed by atoms with van der Waals surface area (Å²) in [5.41, 5.74) is 18.9. The molecule has 0 radical (unpaired) electrons. The number of rotatable bonds is 9. The van der Waals surface area contributed by atoms with Gasteiger partial charge in [0.25, 0.3) is 0 Å². The molecule has 0 bridgehead atoms. The van der Waals surface area contributed by atoms with Crippen molar-refractivity contribution in [2.75, 3.05) is 4.90 Å². The molecule has 0 saturated carbocycles. The van der Waals surface area contributed by atoms with Crippen molar-refractivity contribution in [1.29, 1.82) is 0 Å². The first-order chi connectivity index (χ1) is 34.7. The second-order valence-corrected chi connectivity index (χ2v) is 18.0. The van der Waals surface area contributed by atoms with Crippen LogP contribution in [-0.2, 0) is 0 Å². The summed E-state index contributed by atoms with van der Waals surface area (Å²) in [6.07, 6.45) is 0. The van der Waals surface area contributed by atoms with Gasteiger partial charge in [0.15, 0.2) is 0 Å². The molecule has 0 aliphatic carbocycles. The summed E-state index contributed by atoms with van der Waals surface area (Å²) in [5.74, 6) is 0. The summed E-state index contributed by atoms with van der Waals surface area (Å²) in [6.45, 7) is 0. The fraction of sp³-hybridized carbons (Fsp3) is 0. The molecule has 0 atom stereocenters. The van der Waals surface area contributed by atoms with E-state index in [1.807, 2.05) is 0 Å². The Balaban J connectivity index is 0.976. The minimum Gasteiger partial charge on any atom is -0.455 e. The van der Waals surface area contributed by atoms with E-state index in [1.165, 1.54) is 71.6 Å². The second-order valence-electron chi connectivity index (χ2n) is 18.0. The van der Waals surface area contributed by atoms with Gasteiger partial charge in [-0.1, -0.05) is 224 Å². The fourth-order valence-electron chi connectivity index (χ4n) is 10.6. The molecule has 0 saturated heterocycles. The number of furan rings is 1. The Bertz CT molecular complexity index is 4030. The van der Waals surface area contributed by atoms with Crippen LogP contribution in [0.1, 0.15) is 0 Å². The van der Waals surface area contributed by atoms with Crippen molar-refractivity contribution in [2.24, 2.45) is 0 Å². The van der Waals surface area contributed by atoms with Gasteiger partial charge in [0, 0.05) is 22.3 Å². The van der Waals surface area contributed by atoms with Gasteiger partial charge in [0.05, 0.1) is 11.1 Å². The maximum atomic E-state index is 6.95. The zero-order valence-electron chi connectivity index (χ0n) is 38.3. The predicted octanol–water partition coefficient (Wildman–Crippen LogP) is 19.4.